The molecule has 38 heavy (non-hydrogen) atoms. The van der Waals surface area contributed by atoms with Crippen LogP contribution in [0.4, 0.5) is 0 Å². The molecular formula is C29H34O9. The van der Waals surface area contributed by atoms with Crippen molar-refractivity contribution >= 4 is 11.9 Å². The normalized spacial score (nSPS) is 31.1. The van der Waals surface area contributed by atoms with Crippen molar-refractivity contribution in [3.8, 4) is 5.75 Å². The first-order valence-electron chi connectivity index (χ1n) is 13.1. The number of carbonyl (C=O) groups excluding carboxylic acids is 2. The van der Waals surface area contributed by atoms with Crippen LogP contribution < -0.4 is 4.74 Å². The fourth-order valence-corrected chi connectivity index (χ4v) is 5.63. The molecule has 0 amide bonds. The first-order chi connectivity index (χ1) is 18.4. The van der Waals surface area contributed by atoms with Crippen LogP contribution in [0.3, 0.4) is 0 Å². The highest BCUT2D eigenvalue weighted by Gasteiger charge is 2.78. The number of fused-ring (bicyclic) bond motifs is 3. The standard InChI is InChI=1S/C29H34O9/c1-4-32-23-15-22-24(28(36-23)33-5-2)29(17-35-18(3)30)26(38-29)25(22)37-27(31)20-11-13-21(14-12-20)34-16-19-9-7-6-8-10-19/h6-14,22-26,28H,4-5,15-17H2,1-3H3/t22-,23-,24-,25-,26-,28-,29+/m1/s1. The Kier molecular flexibility index (Phi) is 7.99. The molecule has 7 atom stereocenters. The SMILES string of the molecule is CCO[C@H]1C[C@H]2[C@@H](OC(=O)c3ccc(OCc4ccccc4)cc3)[C@H]3O[C@@]3(COC(C)=O)[C@H]2[C@H](OCC)O1. The van der Waals surface area contributed by atoms with E-state index in [0.717, 1.165) is 5.56 Å². The molecule has 0 radical (unpaired) electrons. The Morgan fingerprint density at radius 3 is 2.42 bits per heavy atom. The third-order valence-electron chi connectivity index (χ3n) is 7.33. The van der Waals surface area contributed by atoms with Gasteiger partial charge in [-0.1, -0.05) is 30.3 Å². The van der Waals surface area contributed by atoms with Crippen molar-refractivity contribution in [1.82, 2.24) is 0 Å². The summed E-state index contributed by atoms with van der Waals surface area (Å²) in [4.78, 5) is 24.8. The van der Waals surface area contributed by atoms with Crippen molar-refractivity contribution in [3.05, 3.63) is 65.7 Å². The van der Waals surface area contributed by atoms with E-state index in [-0.39, 0.29) is 18.4 Å². The molecule has 0 spiro atoms. The summed E-state index contributed by atoms with van der Waals surface area (Å²) in [6.07, 6.45) is -1.62. The van der Waals surface area contributed by atoms with E-state index in [4.69, 9.17) is 33.2 Å². The maximum absolute atomic E-state index is 13.2. The van der Waals surface area contributed by atoms with E-state index in [2.05, 4.69) is 0 Å². The molecule has 0 unspecified atom stereocenters. The number of esters is 2. The molecule has 5 rings (SSSR count). The van der Waals surface area contributed by atoms with Gasteiger partial charge in [0, 0.05) is 32.5 Å². The number of hydrogen-bond acceptors (Lipinski definition) is 9. The van der Waals surface area contributed by atoms with Crippen LogP contribution in [-0.2, 0) is 39.8 Å². The van der Waals surface area contributed by atoms with E-state index in [0.29, 0.717) is 37.6 Å². The largest absolute Gasteiger partial charge is 0.489 e. The van der Waals surface area contributed by atoms with Gasteiger partial charge in [0.05, 0.1) is 11.5 Å². The zero-order valence-electron chi connectivity index (χ0n) is 21.9. The summed E-state index contributed by atoms with van der Waals surface area (Å²) >= 11 is 0. The van der Waals surface area contributed by atoms with E-state index in [1.54, 1.807) is 24.3 Å². The van der Waals surface area contributed by atoms with Crippen molar-refractivity contribution in [3.63, 3.8) is 0 Å². The number of ether oxygens (including phenoxy) is 7. The lowest BCUT2D eigenvalue weighted by atomic mass is 9.82. The number of carbonyl (C=O) groups is 2. The van der Waals surface area contributed by atoms with E-state index in [1.807, 2.05) is 44.2 Å². The number of epoxide rings is 1. The molecule has 9 heteroatoms. The summed E-state index contributed by atoms with van der Waals surface area (Å²) in [6, 6.07) is 16.7. The third-order valence-corrected chi connectivity index (χ3v) is 7.33. The number of hydrogen-bond donors (Lipinski definition) is 0. The predicted molar refractivity (Wildman–Crippen MR) is 134 cm³/mol. The van der Waals surface area contributed by atoms with Crippen molar-refractivity contribution in [1.29, 1.82) is 0 Å². The Morgan fingerprint density at radius 2 is 1.74 bits per heavy atom. The Balaban J connectivity index is 1.30. The lowest BCUT2D eigenvalue weighted by Gasteiger charge is -2.42. The van der Waals surface area contributed by atoms with Gasteiger partial charge in [0.2, 0.25) is 0 Å². The van der Waals surface area contributed by atoms with Crippen LogP contribution in [-0.4, -0.2) is 62.1 Å². The van der Waals surface area contributed by atoms with Crippen molar-refractivity contribution in [2.75, 3.05) is 19.8 Å². The van der Waals surface area contributed by atoms with Crippen LogP contribution in [0.1, 0.15) is 43.1 Å². The van der Waals surface area contributed by atoms with Crippen molar-refractivity contribution in [2.45, 2.75) is 64.2 Å². The van der Waals surface area contributed by atoms with Gasteiger partial charge in [0.25, 0.3) is 0 Å². The van der Waals surface area contributed by atoms with E-state index in [1.165, 1.54) is 6.92 Å². The maximum atomic E-state index is 13.2. The second-order valence-electron chi connectivity index (χ2n) is 9.71. The van der Waals surface area contributed by atoms with Gasteiger partial charge in [-0.2, -0.15) is 0 Å². The first kappa shape index (κ1) is 26.6. The molecule has 0 N–H and O–H groups in total. The van der Waals surface area contributed by atoms with Gasteiger partial charge in [0.1, 0.15) is 36.8 Å². The van der Waals surface area contributed by atoms with Crippen LogP contribution in [0.25, 0.3) is 0 Å². The fraction of sp³-hybridized carbons (Fsp3) is 0.517. The summed E-state index contributed by atoms with van der Waals surface area (Å²) in [5, 5.41) is 0. The molecule has 2 aromatic rings. The van der Waals surface area contributed by atoms with Crippen LogP contribution in [0.5, 0.6) is 5.75 Å². The minimum absolute atomic E-state index is 0.0436. The molecule has 2 saturated heterocycles. The molecule has 9 nitrogen and oxygen atoms in total. The molecule has 1 aliphatic carbocycles. The molecule has 3 fully saturated rings. The topological polar surface area (TPSA) is 102 Å². The molecule has 1 saturated carbocycles. The van der Waals surface area contributed by atoms with Crippen LogP contribution in [0.15, 0.2) is 54.6 Å². The molecule has 2 aromatic carbocycles. The highest BCUT2D eigenvalue weighted by molar-refractivity contribution is 5.89. The summed E-state index contributed by atoms with van der Waals surface area (Å²) in [6.45, 7) is 6.51. The Labute approximate surface area is 222 Å². The second-order valence-corrected chi connectivity index (χ2v) is 9.71. The number of rotatable bonds is 11. The summed E-state index contributed by atoms with van der Waals surface area (Å²) in [5.74, 6) is -0.647. The quantitative estimate of drug-likeness (QED) is 0.319. The lowest BCUT2D eigenvalue weighted by molar-refractivity contribution is -0.310. The van der Waals surface area contributed by atoms with Crippen molar-refractivity contribution < 1.29 is 42.7 Å². The Bertz CT molecular complexity index is 1100. The summed E-state index contributed by atoms with van der Waals surface area (Å²) < 4.78 is 41.2. The van der Waals surface area contributed by atoms with Gasteiger partial charge in [-0.05, 0) is 43.7 Å². The molecule has 2 aliphatic heterocycles. The summed E-state index contributed by atoms with van der Waals surface area (Å²) in [5.41, 5.74) is 0.634. The molecule has 0 aromatic heterocycles. The van der Waals surface area contributed by atoms with Gasteiger partial charge in [-0.3, -0.25) is 4.79 Å². The summed E-state index contributed by atoms with van der Waals surface area (Å²) in [7, 11) is 0. The van der Waals surface area contributed by atoms with Crippen molar-refractivity contribution in [2.24, 2.45) is 11.8 Å². The highest BCUT2D eigenvalue weighted by atomic mass is 16.8. The van der Waals surface area contributed by atoms with E-state index >= 15 is 0 Å². The minimum Gasteiger partial charge on any atom is -0.489 e. The Morgan fingerprint density at radius 1 is 1.00 bits per heavy atom. The molecular weight excluding hydrogens is 492 g/mol. The lowest BCUT2D eigenvalue weighted by Crippen LogP contribution is -2.51. The molecule has 204 valence electrons. The first-order valence-corrected chi connectivity index (χ1v) is 13.1. The molecule has 3 aliphatic rings. The Hall–Kier alpha value is -2.98. The second kappa shape index (κ2) is 11.4. The smallest absolute Gasteiger partial charge is 0.338 e. The number of benzene rings is 2. The zero-order valence-corrected chi connectivity index (χ0v) is 21.9. The van der Waals surface area contributed by atoms with Gasteiger partial charge < -0.3 is 33.2 Å². The minimum atomic E-state index is -0.826. The predicted octanol–water partition coefficient (Wildman–Crippen LogP) is 3.88. The van der Waals surface area contributed by atoms with Crippen LogP contribution >= 0.6 is 0 Å². The van der Waals surface area contributed by atoms with Gasteiger partial charge in [0.15, 0.2) is 12.6 Å². The highest BCUT2D eigenvalue weighted by Crippen LogP contribution is 2.62. The van der Waals surface area contributed by atoms with Gasteiger partial charge in [-0.25, -0.2) is 4.79 Å². The molecule has 0 bridgehead atoms. The van der Waals surface area contributed by atoms with Crippen LogP contribution in [0, 0.1) is 11.8 Å². The zero-order chi connectivity index (χ0) is 26.7. The average molecular weight is 527 g/mol. The van der Waals surface area contributed by atoms with E-state index in [9.17, 15) is 9.59 Å². The third kappa shape index (κ3) is 5.42. The average Bonchev–Trinajstić information content (AvgIpc) is 3.59. The van der Waals surface area contributed by atoms with Gasteiger partial charge in [-0.15, -0.1) is 0 Å². The maximum Gasteiger partial charge on any atom is 0.338 e. The molecule has 2 heterocycles. The van der Waals surface area contributed by atoms with E-state index < -0.39 is 42.3 Å². The van der Waals surface area contributed by atoms with Crippen LogP contribution in [0.2, 0.25) is 0 Å². The fourth-order valence-electron chi connectivity index (χ4n) is 5.63. The monoisotopic (exact) mass is 526 g/mol. The van der Waals surface area contributed by atoms with Gasteiger partial charge >= 0.3 is 11.9 Å².